The number of piperidine rings is 1. The molecule has 1 aromatic heterocycles. The van der Waals surface area contributed by atoms with Crippen molar-refractivity contribution >= 4 is 17.6 Å². The van der Waals surface area contributed by atoms with Crippen LogP contribution >= 0.6 is 0 Å². The molecular formula is C24H30N4O3. The normalized spacial score (nSPS) is 20.7. The number of nitrogens with one attached hydrogen (secondary N) is 2. The molecule has 164 valence electrons. The highest BCUT2D eigenvalue weighted by atomic mass is 16.2. The van der Waals surface area contributed by atoms with Gasteiger partial charge in [-0.2, -0.15) is 0 Å². The molecule has 1 aromatic carbocycles. The molecule has 3 amide bonds. The Labute approximate surface area is 182 Å². The molecule has 0 radical (unpaired) electrons. The minimum atomic E-state index is -0.634. The van der Waals surface area contributed by atoms with E-state index in [4.69, 9.17) is 0 Å². The second-order valence-corrected chi connectivity index (χ2v) is 9.13. The number of urea groups is 1. The van der Waals surface area contributed by atoms with Crippen molar-refractivity contribution < 1.29 is 9.59 Å². The number of aromatic nitrogens is 1. The number of nitrogens with zero attached hydrogens (tertiary/aromatic N) is 2. The maximum atomic E-state index is 13.1. The molecule has 31 heavy (non-hydrogen) atoms. The zero-order chi connectivity index (χ0) is 22.1. The molecule has 7 heteroatoms. The van der Waals surface area contributed by atoms with Crippen LogP contribution in [0.3, 0.4) is 0 Å². The van der Waals surface area contributed by atoms with Crippen LogP contribution in [-0.2, 0) is 11.3 Å². The highest BCUT2D eigenvalue weighted by Gasteiger charge is 2.37. The van der Waals surface area contributed by atoms with Crippen molar-refractivity contribution in [2.75, 3.05) is 18.4 Å². The lowest BCUT2D eigenvalue weighted by Gasteiger charge is -2.43. The first-order valence-corrected chi connectivity index (χ1v) is 10.9. The average Bonchev–Trinajstić information content (AvgIpc) is 2.74. The van der Waals surface area contributed by atoms with Crippen molar-refractivity contribution in [3.63, 3.8) is 0 Å². The molecule has 3 heterocycles. The maximum absolute atomic E-state index is 13.1. The number of hydrogen-bond acceptors (Lipinski definition) is 3. The molecular weight excluding hydrogens is 392 g/mol. The maximum Gasteiger partial charge on any atom is 0.318 e. The van der Waals surface area contributed by atoms with Gasteiger partial charge in [-0.15, -0.1) is 0 Å². The van der Waals surface area contributed by atoms with E-state index in [1.807, 2.05) is 55.7 Å². The second kappa shape index (κ2) is 8.57. The average molecular weight is 423 g/mol. The molecule has 7 nitrogen and oxygen atoms in total. The van der Waals surface area contributed by atoms with Crippen LogP contribution in [0, 0.1) is 18.8 Å². The van der Waals surface area contributed by atoms with Crippen molar-refractivity contribution in [3.8, 4) is 0 Å². The second-order valence-electron chi connectivity index (χ2n) is 9.13. The van der Waals surface area contributed by atoms with E-state index in [1.165, 1.54) is 0 Å². The van der Waals surface area contributed by atoms with Gasteiger partial charge < -0.3 is 20.1 Å². The van der Waals surface area contributed by atoms with Crippen molar-refractivity contribution in [2.45, 2.75) is 45.7 Å². The summed E-state index contributed by atoms with van der Waals surface area (Å²) in [5, 5.41) is 5.86. The van der Waals surface area contributed by atoms with Crippen LogP contribution < -0.4 is 16.2 Å². The number of aryl methyl sites for hydroxylation is 1. The molecule has 2 aliphatic rings. The fourth-order valence-electron chi connectivity index (χ4n) is 4.68. The molecule has 3 atom stereocenters. The van der Waals surface area contributed by atoms with E-state index >= 15 is 0 Å². The molecule has 0 saturated carbocycles. The van der Waals surface area contributed by atoms with Gasteiger partial charge in [0.2, 0.25) is 5.91 Å². The summed E-state index contributed by atoms with van der Waals surface area (Å²) in [5.74, 6) is 0.112. The molecule has 2 unspecified atom stereocenters. The lowest BCUT2D eigenvalue weighted by atomic mass is 9.83. The van der Waals surface area contributed by atoms with Gasteiger partial charge in [0.05, 0.1) is 0 Å². The van der Waals surface area contributed by atoms with E-state index in [0.29, 0.717) is 25.3 Å². The molecule has 2 aromatic rings. The van der Waals surface area contributed by atoms with Gasteiger partial charge in [-0.1, -0.05) is 37.6 Å². The van der Waals surface area contributed by atoms with E-state index < -0.39 is 6.04 Å². The number of likely N-dealkylation sites (tertiary alicyclic amines) is 1. The summed E-state index contributed by atoms with van der Waals surface area (Å²) >= 11 is 0. The first-order valence-electron chi connectivity index (χ1n) is 10.9. The Bertz CT molecular complexity index is 1030. The summed E-state index contributed by atoms with van der Waals surface area (Å²) in [4.78, 5) is 40.0. The molecule has 2 bridgehead atoms. The topological polar surface area (TPSA) is 83.4 Å². The highest BCUT2D eigenvalue weighted by molar-refractivity contribution is 5.97. The molecule has 2 aliphatic heterocycles. The van der Waals surface area contributed by atoms with Gasteiger partial charge in [-0.05, 0) is 43.4 Å². The fourth-order valence-corrected chi connectivity index (χ4v) is 4.68. The number of hydrogen-bond donors (Lipinski definition) is 2. The third-order valence-electron chi connectivity index (χ3n) is 6.31. The molecule has 2 N–H and O–H groups in total. The van der Waals surface area contributed by atoms with Crippen molar-refractivity contribution in [2.24, 2.45) is 11.8 Å². The van der Waals surface area contributed by atoms with Gasteiger partial charge in [-0.3, -0.25) is 9.59 Å². The van der Waals surface area contributed by atoms with Gasteiger partial charge in [0.1, 0.15) is 6.04 Å². The van der Waals surface area contributed by atoms with E-state index in [9.17, 15) is 14.4 Å². The van der Waals surface area contributed by atoms with Crippen molar-refractivity contribution in [3.05, 3.63) is 64.1 Å². The Kier molecular flexibility index (Phi) is 5.85. The molecule has 4 rings (SSSR count). The predicted molar refractivity (Wildman–Crippen MR) is 120 cm³/mol. The number of pyridine rings is 1. The van der Waals surface area contributed by atoms with E-state index in [-0.39, 0.29) is 35.3 Å². The first kappa shape index (κ1) is 21.2. The number of amides is 3. The molecule has 1 fully saturated rings. The van der Waals surface area contributed by atoms with Crippen LogP contribution in [0.25, 0.3) is 0 Å². The third kappa shape index (κ3) is 4.50. The van der Waals surface area contributed by atoms with Gasteiger partial charge >= 0.3 is 6.03 Å². The minimum Gasteiger partial charge on any atom is -0.326 e. The smallest absolute Gasteiger partial charge is 0.318 e. The number of fused-ring (bicyclic) bond motifs is 4. The summed E-state index contributed by atoms with van der Waals surface area (Å²) in [5.41, 5.74) is 2.85. The number of anilines is 1. The van der Waals surface area contributed by atoms with Crippen LogP contribution in [0.4, 0.5) is 10.5 Å². The molecule has 0 aliphatic carbocycles. The number of carbonyl (C=O) groups excluding carboxylic acids is 2. The third-order valence-corrected chi connectivity index (χ3v) is 6.31. The molecule has 0 spiro atoms. The zero-order valence-electron chi connectivity index (χ0n) is 18.3. The van der Waals surface area contributed by atoms with E-state index in [0.717, 1.165) is 17.7 Å². The monoisotopic (exact) mass is 422 g/mol. The molecule has 1 saturated heterocycles. The van der Waals surface area contributed by atoms with Gasteiger partial charge in [0, 0.05) is 43.0 Å². The predicted octanol–water partition coefficient (Wildman–Crippen LogP) is 2.95. The number of benzene rings is 1. The van der Waals surface area contributed by atoms with Crippen LogP contribution in [0.1, 0.15) is 37.4 Å². The largest absolute Gasteiger partial charge is 0.326 e. The van der Waals surface area contributed by atoms with E-state index in [1.54, 1.807) is 17.0 Å². The Balaban J connectivity index is 1.44. The lowest BCUT2D eigenvalue weighted by Crippen LogP contribution is -2.56. The summed E-state index contributed by atoms with van der Waals surface area (Å²) in [7, 11) is 0. The Morgan fingerprint density at radius 1 is 1.03 bits per heavy atom. The Hall–Kier alpha value is -3.09. The van der Waals surface area contributed by atoms with Crippen molar-refractivity contribution in [1.29, 1.82) is 0 Å². The summed E-state index contributed by atoms with van der Waals surface area (Å²) < 4.78 is 1.85. The van der Waals surface area contributed by atoms with Crippen molar-refractivity contribution in [1.82, 2.24) is 14.8 Å². The standard InChI is InChI=1S/C24H30N4O3/c1-15(2)22(23(30)25-19-9-7-16(3)8-10-19)26-24(31)27-12-17-11-18(14-27)20-5-4-6-21(29)28(20)13-17/h4-10,15,17-18,22H,11-14H2,1-3H3,(H,25,30)(H,26,31)/t17?,18?,22-/m0/s1. The first-order chi connectivity index (χ1) is 14.8. The van der Waals surface area contributed by atoms with Crippen LogP contribution in [-0.4, -0.2) is 40.5 Å². The zero-order valence-corrected chi connectivity index (χ0v) is 18.3. The van der Waals surface area contributed by atoms with Gasteiger partial charge in [0.15, 0.2) is 0 Å². The van der Waals surface area contributed by atoms with Crippen LogP contribution in [0.5, 0.6) is 0 Å². The summed E-state index contributed by atoms with van der Waals surface area (Å²) in [6, 6.07) is 12.1. The van der Waals surface area contributed by atoms with Crippen LogP contribution in [0.2, 0.25) is 0 Å². The quantitative estimate of drug-likeness (QED) is 0.795. The SMILES string of the molecule is Cc1ccc(NC(=O)[C@@H](NC(=O)N2CC3CC(C2)c2cccc(=O)n2C3)C(C)C)cc1. The van der Waals surface area contributed by atoms with Crippen LogP contribution in [0.15, 0.2) is 47.3 Å². The Morgan fingerprint density at radius 2 is 1.77 bits per heavy atom. The Morgan fingerprint density at radius 3 is 2.48 bits per heavy atom. The van der Waals surface area contributed by atoms with Gasteiger partial charge in [0.25, 0.3) is 5.56 Å². The number of carbonyl (C=O) groups is 2. The van der Waals surface area contributed by atoms with Gasteiger partial charge in [-0.25, -0.2) is 4.79 Å². The lowest BCUT2D eigenvalue weighted by molar-refractivity contribution is -0.118. The summed E-state index contributed by atoms with van der Waals surface area (Å²) in [6.07, 6.45) is 0.981. The number of rotatable bonds is 4. The minimum absolute atomic E-state index is 0.0257. The van der Waals surface area contributed by atoms with E-state index in [2.05, 4.69) is 10.6 Å². The highest BCUT2D eigenvalue weighted by Crippen LogP contribution is 2.34. The fraction of sp³-hybridized carbons (Fsp3) is 0.458. The summed E-state index contributed by atoms with van der Waals surface area (Å²) in [6.45, 7) is 7.62.